The lowest BCUT2D eigenvalue weighted by Gasteiger charge is -2.33. The summed E-state index contributed by atoms with van der Waals surface area (Å²) >= 11 is 9.54. The number of nitrogens with one attached hydrogen (secondary N) is 1. The SMILES string of the molecule is C[C@@H](c1ccc(Cl)cc1Br)N1CCNCC1. The van der Waals surface area contributed by atoms with Crippen molar-refractivity contribution in [3.63, 3.8) is 0 Å². The zero-order valence-corrected chi connectivity index (χ0v) is 11.7. The second-order valence-electron chi connectivity index (χ2n) is 4.13. The molecule has 0 aromatic heterocycles. The van der Waals surface area contributed by atoms with Gasteiger partial charge in [0.15, 0.2) is 0 Å². The van der Waals surface area contributed by atoms with Gasteiger partial charge in [-0.15, -0.1) is 0 Å². The number of hydrogen-bond acceptors (Lipinski definition) is 2. The predicted molar refractivity (Wildman–Crippen MR) is 72.0 cm³/mol. The van der Waals surface area contributed by atoms with E-state index in [0.29, 0.717) is 6.04 Å². The Balaban J connectivity index is 2.15. The molecule has 1 aliphatic heterocycles. The molecule has 0 spiro atoms. The van der Waals surface area contributed by atoms with Gasteiger partial charge in [0, 0.05) is 41.7 Å². The molecule has 2 nitrogen and oxygen atoms in total. The molecule has 4 heteroatoms. The van der Waals surface area contributed by atoms with Crippen LogP contribution in [0.4, 0.5) is 0 Å². The van der Waals surface area contributed by atoms with Gasteiger partial charge >= 0.3 is 0 Å². The highest BCUT2D eigenvalue weighted by atomic mass is 79.9. The summed E-state index contributed by atoms with van der Waals surface area (Å²) in [5.74, 6) is 0. The Hall–Kier alpha value is -0.0900. The zero-order valence-electron chi connectivity index (χ0n) is 9.34. The number of rotatable bonds is 2. The average Bonchev–Trinajstić information content (AvgIpc) is 2.29. The summed E-state index contributed by atoms with van der Waals surface area (Å²) in [7, 11) is 0. The van der Waals surface area contributed by atoms with E-state index in [0.717, 1.165) is 35.7 Å². The highest BCUT2D eigenvalue weighted by molar-refractivity contribution is 9.10. The second kappa shape index (κ2) is 5.50. The molecule has 1 saturated heterocycles. The second-order valence-corrected chi connectivity index (χ2v) is 5.42. The van der Waals surface area contributed by atoms with Crippen molar-refractivity contribution in [3.8, 4) is 0 Å². The lowest BCUT2D eigenvalue weighted by Crippen LogP contribution is -2.44. The first kappa shape index (κ1) is 12.4. The summed E-state index contributed by atoms with van der Waals surface area (Å²) in [5, 5.41) is 4.15. The molecule has 16 heavy (non-hydrogen) atoms. The molecule has 1 aliphatic rings. The Morgan fingerprint density at radius 3 is 2.69 bits per heavy atom. The summed E-state index contributed by atoms with van der Waals surface area (Å²) in [6.07, 6.45) is 0. The van der Waals surface area contributed by atoms with Crippen LogP contribution in [-0.4, -0.2) is 31.1 Å². The monoisotopic (exact) mass is 302 g/mol. The first-order valence-electron chi connectivity index (χ1n) is 5.58. The van der Waals surface area contributed by atoms with Crippen molar-refractivity contribution in [1.82, 2.24) is 10.2 Å². The summed E-state index contributed by atoms with van der Waals surface area (Å²) in [6.45, 7) is 6.62. The van der Waals surface area contributed by atoms with Gasteiger partial charge in [0.05, 0.1) is 0 Å². The lowest BCUT2D eigenvalue weighted by atomic mass is 10.1. The van der Waals surface area contributed by atoms with Crippen molar-refractivity contribution in [1.29, 1.82) is 0 Å². The molecule has 88 valence electrons. The Kier molecular flexibility index (Phi) is 4.25. The largest absolute Gasteiger partial charge is 0.314 e. The Morgan fingerprint density at radius 2 is 2.06 bits per heavy atom. The minimum atomic E-state index is 0.439. The van der Waals surface area contributed by atoms with Crippen LogP contribution in [0.25, 0.3) is 0 Å². The van der Waals surface area contributed by atoms with E-state index in [4.69, 9.17) is 11.6 Å². The molecule has 0 bridgehead atoms. The minimum absolute atomic E-state index is 0.439. The van der Waals surface area contributed by atoms with E-state index in [9.17, 15) is 0 Å². The molecule has 1 fully saturated rings. The van der Waals surface area contributed by atoms with Gasteiger partial charge in [0.1, 0.15) is 0 Å². The molecule has 0 amide bonds. The molecular formula is C12H16BrClN2. The van der Waals surface area contributed by atoms with Crippen molar-refractivity contribution >= 4 is 27.5 Å². The molecule has 1 aromatic rings. The number of benzene rings is 1. The van der Waals surface area contributed by atoms with Crippen LogP contribution < -0.4 is 5.32 Å². The van der Waals surface area contributed by atoms with Crippen LogP contribution in [0.15, 0.2) is 22.7 Å². The van der Waals surface area contributed by atoms with E-state index in [1.165, 1.54) is 5.56 Å². The van der Waals surface area contributed by atoms with Gasteiger partial charge in [-0.25, -0.2) is 0 Å². The van der Waals surface area contributed by atoms with Crippen LogP contribution in [0, 0.1) is 0 Å². The van der Waals surface area contributed by atoms with Crippen LogP contribution in [-0.2, 0) is 0 Å². The third-order valence-electron chi connectivity index (χ3n) is 3.11. The third-order valence-corrected chi connectivity index (χ3v) is 4.03. The molecule has 0 saturated carbocycles. The fourth-order valence-electron chi connectivity index (χ4n) is 2.11. The molecule has 0 aliphatic carbocycles. The number of hydrogen-bond donors (Lipinski definition) is 1. The van der Waals surface area contributed by atoms with Crippen LogP contribution in [0.3, 0.4) is 0 Å². The maximum absolute atomic E-state index is 5.95. The number of halogens is 2. The van der Waals surface area contributed by atoms with Gasteiger partial charge < -0.3 is 5.32 Å². The summed E-state index contributed by atoms with van der Waals surface area (Å²) in [5.41, 5.74) is 1.31. The van der Waals surface area contributed by atoms with E-state index >= 15 is 0 Å². The summed E-state index contributed by atoms with van der Waals surface area (Å²) < 4.78 is 1.10. The van der Waals surface area contributed by atoms with Gasteiger partial charge in [-0.3, -0.25) is 4.90 Å². The molecule has 1 heterocycles. The van der Waals surface area contributed by atoms with Crippen molar-refractivity contribution < 1.29 is 0 Å². The molecule has 1 aromatic carbocycles. The van der Waals surface area contributed by atoms with E-state index < -0.39 is 0 Å². The van der Waals surface area contributed by atoms with Crippen LogP contribution in [0.2, 0.25) is 5.02 Å². The van der Waals surface area contributed by atoms with Crippen molar-refractivity contribution in [2.24, 2.45) is 0 Å². The maximum Gasteiger partial charge on any atom is 0.0417 e. The Morgan fingerprint density at radius 1 is 1.38 bits per heavy atom. The standard InChI is InChI=1S/C12H16BrClN2/c1-9(16-6-4-15-5-7-16)11-3-2-10(14)8-12(11)13/h2-3,8-9,15H,4-7H2,1H3/t9-/m0/s1. The van der Waals surface area contributed by atoms with Crippen molar-refractivity contribution in [2.45, 2.75) is 13.0 Å². The van der Waals surface area contributed by atoms with Gasteiger partial charge in [0.25, 0.3) is 0 Å². The minimum Gasteiger partial charge on any atom is -0.314 e. The molecule has 1 N–H and O–H groups in total. The Labute approximate surface area is 110 Å². The van der Waals surface area contributed by atoms with Crippen LogP contribution in [0.5, 0.6) is 0 Å². The molecule has 1 atom stereocenters. The van der Waals surface area contributed by atoms with E-state index in [1.807, 2.05) is 12.1 Å². The van der Waals surface area contributed by atoms with E-state index in [2.05, 4.69) is 39.1 Å². The topological polar surface area (TPSA) is 15.3 Å². The van der Waals surface area contributed by atoms with Crippen molar-refractivity contribution in [2.75, 3.05) is 26.2 Å². The quantitative estimate of drug-likeness (QED) is 0.903. The maximum atomic E-state index is 5.95. The van der Waals surface area contributed by atoms with Crippen molar-refractivity contribution in [3.05, 3.63) is 33.3 Å². The molecule has 0 unspecified atom stereocenters. The third kappa shape index (κ3) is 2.77. The van der Waals surface area contributed by atoms with Gasteiger partial charge in [-0.05, 0) is 24.6 Å². The number of piperazine rings is 1. The normalized spacial score (nSPS) is 19.7. The number of nitrogens with zero attached hydrogens (tertiary/aromatic N) is 1. The smallest absolute Gasteiger partial charge is 0.0417 e. The van der Waals surface area contributed by atoms with E-state index in [-0.39, 0.29) is 0 Å². The van der Waals surface area contributed by atoms with E-state index in [1.54, 1.807) is 0 Å². The first-order valence-corrected chi connectivity index (χ1v) is 6.75. The highest BCUT2D eigenvalue weighted by Gasteiger charge is 2.19. The van der Waals surface area contributed by atoms with Gasteiger partial charge in [-0.2, -0.15) is 0 Å². The summed E-state index contributed by atoms with van der Waals surface area (Å²) in [6, 6.07) is 6.48. The average molecular weight is 304 g/mol. The Bertz CT molecular complexity index is 364. The summed E-state index contributed by atoms with van der Waals surface area (Å²) in [4.78, 5) is 2.49. The molecule has 2 rings (SSSR count). The lowest BCUT2D eigenvalue weighted by molar-refractivity contribution is 0.185. The van der Waals surface area contributed by atoms with Gasteiger partial charge in [-0.1, -0.05) is 33.6 Å². The first-order chi connectivity index (χ1) is 7.68. The zero-order chi connectivity index (χ0) is 11.5. The molecule has 0 radical (unpaired) electrons. The molecular weight excluding hydrogens is 288 g/mol. The van der Waals surface area contributed by atoms with Gasteiger partial charge in [0.2, 0.25) is 0 Å². The highest BCUT2D eigenvalue weighted by Crippen LogP contribution is 2.29. The van der Waals surface area contributed by atoms with Crippen LogP contribution in [0.1, 0.15) is 18.5 Å². The van der Waals surface area contributed by atoms with Crippen LogP contribution >= 0.6 is 27.5 Å². The predicted octanol–water partition coefficient (Wildman–Crippen LogP) is 3.07. The fourth-order valence-corrected chi connectivity index (χ4v) is 3.12. The fraction of sp³-hybridized carbons (Fsp3) is 0.500.